The van der Waals surface area contributed by atoms with E-state index in [4.69, 9.17) is 23.2 Å². The molecule has 1 unspecified atom stereocenters. The van der Waals surface area contributed by atoms with Crippen LogP contribution in [-0.2, 0) is 6.54 Å². The molecule has 0 aromatic heterocycles. The van der Waals surface area contributed by atoms with Gasteiger partial charge < -0.3 is 9.45 Å². The predicted octanol–water partition coefficient (Wildman–Crippen LogP) is 5.58. The number of fused-ring (bicyclic) bond motifs is 1. The molecule has 0 aliphatic carbocycles. The van der Waals surface area contributed by atoms with Gasteiger partial charge in [0.25, 0.3) is 0 Å². The summed E-state index contributed by atoms with van der Waals surface area (Å²) in [5.41, 5.74) is 3.53. The van der Waals surface area contributed by atoms with Crippen LogP contribution in [0.15, 0.2) is 34.8 Å². The molecule has 0 bridgehead atoms. The summed E-state index contributed by atoms with van der Waals surface area (Å²) in [6, 6.07) is 3.82. The number of halogens is 2. The van der Waals surface area contributed by atoms with Gasteiger partial charge >= 0.3 is 0 Å². The van der Waals surface area contributed by atoms with E-state index in [1.807, 2.05) is 25.1 Å². The maximum absolute atomic E-state index is 9.26. The van der Waals surface area contributed by atoms with Crippen LogP contribution in [0, 0.1) is 0 Å². The molecule has 0 amide bonds. The molecule has 1 aromatic rings. The fourth-order valence-corrected chi connectivity index (χ4v) is 3.64. The van der Waals surface area contributed by atoms with E-state index >= 15 is 0 Å². The SMILES string of the molecule is C/C=C(\C=C(/C)C1CN(C)Cc2c(Cl)cc(Cl)cc21)SO. The number of rotatable bonds is 3. The molecule has 0 spiro atoms. The molecule has 1 heterocycles. The van der Waals surface area contributed by atoms with E-state index in [9.17, 15) is 4.55 Å². The molecular weight excluding hydrogens is 325 g/mol. The average molecular weight is 344 g/mol. The van der Waals surface area contributed by atoms with E-state index in [0.29, 0.717) is 5.02 Å². The van der Waals surface area contributed by atoms with Crippen LogP contribution >= 0.6 is 35.2 Å². The molecule has 114 valence electrons. The number of benzene rings is 1. The lowest BCUT2D eigenvalue weighted by molar-refractivity contribution is 0.293. The maximum atomic E-state index is 9.26. The highest BCUT2D eigenvalue weighted by Crippen LogP contribution is 2.38. The second-order valence-electron chi connectivity index (χ2n) is 5.38. The molecule has 1 aliphatic heterocycles. The first kappa shape index (κ1) is 16.9. The number of nitrogens with zero attached hydrogens (tertiary/aromatic N) is 1. The van der Waals surface area contributed by atoms with Crippen molar-refractivity contribution < 1.29 is 4.55 Å². The minimum Gasteiger partial charge on any atom is -0.325 e. The second-order valence-corrected chi connectivity index (χ2v) is 6.87. The highest BCUT2D eigenvalue weighted by Gasteiger charge is 2.26. The predicted molar refractivity (Wildman–Crippen MR) is 93.3 cm³/mol. The van der Waals surface area contributed by atoms with Crippen molar-refractivity contribution in [3.8, 4) is 0 Å². The lowest BCUT2D eigenvalue weighted by Crippen LogP contribution is -2.31. The van der Waals surface area contributed by atoms with Crippen molar-refractivity contribution in [2.75, 3.05) is 13.6 Å². The van der Waals surface area contributed by atoms with Gasteiger partial charge in [0.05, 0.1) is 0 Å². The van der Waals surface area contributed by atoms with Gasteiger partial charge in [-0.05, 0) is 50.2 Å². The molecule has 1 N–H and O–H groups in total. The fraction of sp³-hybridized carbons (Fsp3) is 0.375. The van der Waals surface area contributed by atoms with Gasteiger partial charge in [0.2, 0.25) is 0 Å². The zero-order chi connectivity index (χ0) is 15.6. The quantitative estimate of drug-likeness (QED) is 0.572. The monoisotopic (exact) mass is 343 g/mol. The van der Waals surface area contributed by atoms with Gasteiger partial charge in [-0.3, -0.25) is 0 Å². The van der Waals surface area contributed by atoms with Crippen molar-refractivity contribution in [1.29, 1.82) is 0 Å². The Balaban J connectivity index is 2.47. The molecular formula is C16H19Cl2NOS. The summed E-state index contributed by atoms with van der Waals surface area (Å²) in [7, 11) is 2.09. The highest BCUT2D eigenvalue weighted by atomic mass is 35.5. The standard InChI is InChI=1S/C16H19Cl2NOS/c1-4-12(21-20)5-10(2)14-8-19(3)9-15-13(14)6-11(17)7-16(15)18/h4-7,14,20H,8-9H2,1-3H3/b10-5+,12-4+. The fourth-order valence-electron chi connectivity index (χ4n) is 2.72. The summed E-state index contributed by atoms with van der Waals surface area (Å²) in [5.74, 6) is 0.233. The Morgan fingerprint density at radius 3 is 2.76 bits per heavy atom. The van der Waals surface area contributed by atoms with Crippen LogP contribution in [0.3, 0.4) is 0 Å². The molecule has 0 saturated heterocycles. The number of hydrogen-bond acceptors (Lipinski definition) is 3. The molecule has 1 atom stereocenters. The van der Waals surface area contributed by atoms with E-state index in [1.165, 1.54) is 11.1 Å². The normalized spacial score (nSPS) is 20.6. The minimum atomic E-state index is 0.233. The van der Waals surface area contributed by atoms with Gasteiger partial charge in [-0.15, -0.1) is 0 Å². The van der Waals surface area contributed by atoms with Crippen molar-refractivity contribution in [2.45, 2.75) is 26.3 Å². The van der Waals surface area contributed by atoms with E-state index in [1.54, 1.807) is 6.07 Å². The van der Waals surface area contributed by atoms with Gasteiger partial charge in [0, 0.05) is 46.0 Å². The van der Waals surface area contributed by atoms with Gasteiger partial charge in [0.1, 0.15) is 0 Å². The molecule has 2 nitrogen and oxygen atoms in total. The molecule has 21 heavy (non-hydrogen) atoms. The lowest BCUT2D eigenvalue weighted by atomic mass is 9.85. The third-order valence-corrected chi connectivity index (χ3v) is 4.92. The van der Waals surface area contributed by atoms with Gasteiger partial charge in [0.15, 0.2) is 0 Å². The Kier molecular flexibility index (Phi) is 5.81. The highest BCUT2D eigenvalue weighted by molar-refractivity contribution is 7.97. The van der Waals surface area contributed by atoms with E-state index < -0.39 is 0 Å². The smallest absolute Gasteiger partial charge is 0.0468 e. The van der Waals surface area contributed by atoms with Crippen LogP contribution in [-0.4, -0.2) is 23.0 Å². The molecule has 2 rings (SSSR count). The Morgan fingerprint density at radius 2 is 2.14 bits per heavy atom. The van der Waals surface area contributed by atoms with Crippen molar-refractivity contribution in [3.05, 3.63) is 55.9 Å². The summed E-state index contributed by atoms with van der Waals surface area (Å²) in [5, 5.41) is 1.40. The van der Waals surface area contributed by atoms with E-state index in [0.717, 1.165) is 40.6 Å². The van der Waals surface area contributed by atoms with Crippen LogP contribution in [0.4, 0.5) is 0 Å². The molecule has 1 aliphatic rings. The van der Waals surface area contributed by atoms with Crippen LogP contribution < -0.4 is 0 Å². The van der Waals surface area contributed by atoms with Crippen LogP contribution in [0.25, 0.3) is 0 Å². The first-order valence-corrected chi connectivity index (χ1v) is 8.31. The van der Waals surface area contributed by atoms with E-state index in [-0.39, 0.29) is 5.92 Å². The van der Waals surface area contributed by atoms with Crippen molar-refractivity contribution in [3.63, 3.8) is 0 Å². The Bertz CT molecular complexity index is 598. The van der Waals surface area contributed by atoms with Crippen LogP contribution in [0.1, 0.15) is 30.9 Å². The Morgan fingerprint density at radius 1 is 1.43 bits per heavy atom. The Labute approximate surface area is 140 Å². The summed E-state index contributed by atoms with van der Waals surface area (Å²) < 4.78 is 9.26. The zero-order valence-electron chi connectivity index (χ0n) is 12.4. The third-order valence-electron chi connectivity index (χ3n) is 3.80. The summed E-state index contributed by atoms with van der Waals surface area (Å²) in [6.07, 6.45) is 3.92. The number of allylic oxidation sites excluding steroid dienone is 2. The first-order chi connectivity index (χ1) is 9.96. The molecule has 5 heteroatoms. The molecule has 1 aromatic carbocycles. The minimum absolute atomic E-state index is 0.233. The van der Waals surface area contributed by atoms with Crippen molar-refractivity contribution in [1.82, 2.24) is 4.90 Å². The zero-order valence-corrected chi connectivity index (χ0v) is 14.7. The van der Waals surface area contributed by atoms with Crippen LogP contribution in [0.2, 0.25) is 10.0 Å². The summed E-state index contributed by atoms with van der Waals surface area (Å²) in [6.45, 7) is 5.75. The largest absolute Gasteiger partial charge is 0.325 e. The summed E-state index contributed by atoms with van der Waals surface area (Å²) in [4.78, 5) is 3.10. The topological polar surface area (TPSA) is 23.5 Å². The lowest BCUT2D eigenvalue weighted by Gasteiger charge is -2.33. The van der Waals surface area contributed by atoms with Gasteiger partial charge in [-0.25, -0.2) is 0 Å². The van der Waals surface area contributed by atoms with Crippen molar-refractivity contribution >= 4 is 35.2 Å². The second kappa shape index (κ2) is 7.21. The number of likely N-dealkylation sites (N-methyl/N-ethyl adjacent to an activating group) is 1. The summed E-state index contributed by atoms with van der Waals surface area (Å²) >= 11 is 13.3. The Hall–Kier alpha value is -0.450. The van der Waals surface area contributed by atoms with Crippen molar-refractivity contribution in [2.24, 2.45) is 0 Å². The molecule has 0 fully saturated rings. The average Bonchev–Trinajstić information content (AvgIpc) is 2.44. The third kappa shape index (κ3) is 3.85. The number of hydrogen-bond donors (Lipinski definition) is 1. The molecule has 0 saturated carbocycles. The van der Waals surface area contributed by atoms with E-state index in [2.05, 4.69) is 18.9 Å². The van der Waals surface area contributed by atoms with Gasteiger partial charge in [-0.1, -0.05) is 34.9 Å². The first-order valence-electron chi connectivity index (χ1n) is 6.78. The maximum Gasteiger partial charge on any atom is 0.0468 e. The van der Waals surface area contributed by atoms with Gasteiger partial charge in [-0.2, -0.15) is 0 Å². The molecule has 0 radical (unpaired) electrons. The van der Waals surface area contributed by atoms with Crippen LogP contribution in [0.5, 0.6) is 0 Å².